The monoisotopic (exact) mass is 628 g/mol. The summed E-state index contributed by atoms with van der Waals surface area (Å²) in [5.41, 5.74) is 0. The van der Waals surface area contributed by atoms with E-state index in [0.29, 0.717) is 6.42 Å². The molecule has 0 saturated heterocycles. The van der Waals surface area contributed by atoms with Crippen molar-refractivity contribution in [3.8, 4) is 0 Å². The Morgan fingerprint density at radius 3 is 1.27 bits per heavy atom. The molecule has 3 heteroatoms. The van der Waals surface area contributed by atoms with E-state index in [1.54, 1.807) is 0 Å². The molecule has 0 aliphatic heterocycles. The molecular formula is C34H68O2Sn. The second-order valence-electron chi connectivity index (χ2n) is 11.6. The molecule has 0 radical (unpaired) electrons. The molecule has 0 unspecified atom stereocenters. The molecule has 0 aliphatic carbocycles. The van der Waals surface area contributed by atoms with Gasteiger partial charge in [0.25, 0.3) is 0 Å². The average Bonchev–Trinajstić information content (AvgIpc) is 2.90. The molecule has 0 aromatic heterocycles. The molecule has 0 saturated carbocycles. The zero-order valence-electron chi connectivity index (χ0n) is 25.8. The van der Waals surface area contributed by atoms with Gasteiger partial charge in [-0.15, -0.1) is 0 Å². The molecule has 0 spiro atoms. The van der Waals surface area contributed by atoms with Gasteiger partial charge in [-0.2, -0.15) is 0 Å². The van der Waals surface area contributed by atoms with Crippen molar-refractivity contribution in [2.45, 2.75) is 197 Å². The van der Waals surface area contributed by atoms with Gasteiger partial charge in [0.2, 0.25) is 0 Å². The van der Waals surface area contributed by atoms with E-state index >= 15 is 0 Å². The topological polar surface area (TPSA) is 26.3 Å². The van der Waals surface area contributed by atoms with Gasteiger partial charge in [0.05, 0.1) is 0 Å². The van der Waals surface area contributed by atoms with Crippen LogP contribution in [0.1, 0.15) is 188 Å². The number of allylic oxidation sites excluding steroid dienone is 2. The number of carbonyl (C=O) groups is 1. The van der Waals surface area contributed by atoms with Crippen LogP contribution < -0.4 is 0 Å². The summed E-state index contributed by atoms with van der Waals surface area (Å²) in [6.45, 7) is 6.84. The third-order valence-corrected chi connectivity index (χ3v) is 15.4. The maximum absolute atomic E-state index is 12.6. The zero-order valence-corrected chi connectivity index (χ0v) is 29.1. The van der Waals surface area contributed by atoms with Gasteiger partial charge in [-0.1, -0.05) is 39.0 Å². The van der Waals surface area contributed by atoms with Crippen LogP contribution >= 0.6 is 0 Å². The first-order valence-electron chi connectivity index (χ1n) is 17.1. The standard InChI is InChI=1S/C18H34O2.2C8H17.Sn.H/c1-2-3-4-5-6-7-8-9-10-11-12-13-14-15-16-17-18(19)20;2*1-3-5-7-8-6-4-2;;/h9-10H,2-8,11-17H2,1H3,(H,19,20);2*1,3-8H2,2H3;;/q;;;+1;/p-1/b10-9-;;;;. The molecule has 0 aromatic rings. The molecule has 0 heterocycles. The van der Waals surface area contributed by atoms with Gasteiger partial charge >= 0.3 is 197 Å². The van der Waals surface area contributed by atoms with Crippen molar-refractivity contribution in [2.24, 2.45) is 0 Å². The van der Waals surface area contributed by atoms with Crippen LogP contribution in [0.25, 0.3) is 0 Å². The van der Waals surface area contributed by atoms with Crippen LogP contribution in [0.3, 0.4) is 0 Å². The van der Waals surface area contributed by atoms with Gasteiger partial charge in [-0.05, 0) is 6.42 Å². The van der Waals surface area contributed by atoms with E-state index in [1.165, 1.54) is 163 Å². The molecule has 0 aliphatic rings. The molecule has 0 fully saturated rings. The SMILES string of the molecule is CCCCCCCC/C=C\CCCCCCCC(=O)[O][SnH]([CH2]CCCCCCC)[CH2]CCCCCCC. The van der Waals surface area contributed by atoms with E-state index in [-0.39, 0.29) is 5.97 Å². The fourth-order valence-electron chi connectivity index (χ4n) is 5.15. The Kier molecular flexibility index (Phi) is 32.2. The molecule has 0 rings (SSSR count). The van der Waals surface area contributed by atoms with Crippen LogP contribution in [0.15, 0.2) is 12.2 Å². The summed E-state index contributed by atoms with van der Waals surface area (Å²) in [4.78, 5) is 12.6. The van der Waals surface area contributed by atoms with Crippen LogP contribution in [0.2, 0.25) is 8.87 Å². The molecule has 37 heavy (non-hydrogen) atoms. The van der Waals surface area contributed by atoms with E-state index in [9.17, 15) is 4.79 Å². The Morgan fingerprint density at radius 2 is 0.838 bits per heavy atom. The number of hydrogen-bond donors (Lipinski definition) is 0. The summed E-state index contributed by atoms with van der Waals surface area (Å²) in [5, 5.41) is 0. The fourth-order valence-corrected chi connectivity index (χ4v) is 12.3. The van der Waals surface area contributed by atoms with Crippen LogP contribution in [0, 0.1) is 0 Å². The molecule has 2 nitrogen and oxygen atoms in total. The minimum absolute atomic E-state index is 0.149. The van der Waals surface area contributed by atoms with E-state index < -0.39 is 20.2 Å². The Balaban J connectivity index is 3.84. The van der Waals surface area contributed by atoms with Crippen molar-refractivity contribution in [3.05, 3.63) is 12.2 Å². The summed E-state index contributed by atoms with van der Waals surface area (Å²) in [6.07, 6.45) is 38.5. The number of unbranched alkanes of at least 4 members (excludes halogenated alkanes) is 21. The molecule has 0 atom stereocenters. The Labute approximate surface area is 241 Å². The first kappa shape index (κ1) is 37.0. The Morgan fingerprint density at radius 1 is 0.486 bits per heavy atom. The number of hydrogen-bond acceptors (Lipinski definition) is 2. The van der Waals surface area contributed by atoms with Crippen molar-refractivity contribution < 1.29 is 7.87 Å². The van der Waals surface area contributed by atoms with Crippen molar-refractivity contribution in [3.63, 3.8) is 0 Å². The van der Waals surface area contributed by atoms with Crippen LogP contribution in [-0.4, -0.2) is 26.1 Å². The Hall–Kier alpha value is 0.00870. The van der Waals surface area contributed by atoms with E-state index in [4.69, 9.17) is 3.07 Å². The molecular weight excluding hydrogens is 559 g/mol. The van der Waals surface area contributed by atoms with Gasteiger partial charge in [0.15, 0.2) is 0 Å². The molecule has 220 valence electrons. The normalized spacial score (nSPS) is 11.7. The maximum atomic E-state index is 12.6. The summed E-state index contributed by atoms with van der Waals surface area (Å²) >= 11 is -2.14. The van der Waals surface area contributed by atoms with Crippen LogP contribution in [-0.2, 0) is 7.87 Å². The molecule has 0 aromatic carbocycles. The van der Waals surface area contributed by atoms with Crippen molar-refractivity contribution in [2.75, 3.05) is 0 Å². The second-order valence-corrected chi connectivity index (χ2v) is 19.1. The fraction of sp³-hybridized carbons (Fsp3) is 0.912. The second kappa shape index (κ2) is 32.2. The average molecular weight is 628 g/mol. The van der Waals surface area contributed by atoms with Gasteiger partial charge in [0.1, 0.15) is 0 Å². The third-order valence-electron chi connectivity index (χ3n) is 7.70. The zero-order chi connectivity index (χ0) is 27.1. The Bertz CT molecular complexity index is 460. The van der Waals surface area contributed by atoms with Crippen molar-refractivity contribution in [1.29, 1.82) is 0 Å². The van der Waals surface area contributed by atoms with Crippen molar-refractivity contribution in [1.82, 2.24) is 0 Å². The molecule has 0 amide bonds. The predicted octanol–water partition coefficient (Wildman–Crippen LogP) is 12.0. The van der Waals surface area contributed by atoms with E-state index in [2.05, 4.69) is 32.9 Å². The van der Waals surface area contributed by atoms with Crippen LogP contribution in [0.4, 0.5) is 0 Å². The van der Waals surface area contributed by atoms with Gasteiger partial charge in [-0.25, -0.2) is 0 Å². The summed E-state index contributed by atoms with van der Waals surface area (Å²) in [6, 6.07) is 0. The van der Waals surface area contributed by atoms with Crippen molar-refractivity contribution >= 4 is 26.1 Å². The van der Waals surface area contributed by atoms with Gasteiger partial charge in [-0.3, -0.25) is 0 Å². The van der Waals surface area contributed by atoms with E-state index in [1.807, 2.05) is 0 Å². The predicted molar refractivity (Wildman–Crippen MR) is 169 cm³/mol. The minimum atomic E-state index is -2.14. The van der Waals surface area contributed by atoms with Crippen LogP contribution in [0.5, 0.6) is 0 Å². The summed E-state index contributed by atoms with van der Waals surface area (Å²) in [5.74, 6) is 0.149. The third kappa shape index (κ3) is 30.4. The number of rotatable bonds is 30. The van der Waals surface area contributed by atoms with E-state index in [0.717, 1.165) is 6.42 Å². The quantitative estimate of drug-likeness (QED) is 0.0450. The number of carbonyl (C=O) groups excluding carboxylic acids is 1. The molecule has 0 bridgehead atoms. The summed E-state index contributed by atoms with van der Waals surface area (Å²) in [7, 11) is 0. The summed E-state index contributed by atoms with van der Waals surface area (Å²) < 4.78 is 8.74. The first-order valence-corrected chi connectivity index (χ1v) is 23.1. The van der Waals surface area contributed by atoms with Gasteiger partial charge < -0.3 is 0 Å². The molecule has 0 N–H and O–H groups in total. The van der Waals surface area contributed by atoms with Gasteiger partial charge in [0, 0.05) is 0 Å². The first-order chi connectivity index (χ1) is 18.2.